The Morgan fingerprint density at radius 2 is 1.80 bits per heavy atom. The molecular weight excluding hydrogens is 207 g/mol. The summed E-state index contributed by atoms with van der Waals surface area (Å²) in [5.41, 5.74) is 0.123. The van der Waals surface area contributed by atoms with Gasteiger partial charge < -0.3 is 5.11 Å². The van der Waals surface area contributed by atoms with Gasteiger partial charge in [0.15, 0.2) is 11.6 Å². The molecular formula is C10H10F3NO. The first-order chi connectivity index (χ1) is 7.06. The minimum Gasteiger partial charge on any atom is -0.379 e. The van der Waals surface area contributed by atoms with Crippen LogP contribution in [-0.4, -0.2) is 17.4 Å². The highest BCUT2D eigenvalue weighted by Gasteiger charge is 2.27. The number of aliphatic hydroxyl groups is 1. The summed E-state index contributed by atoms with van der Waals surface area (Å²) >= 11 is 0. The maximum atomic E-state index is 13.2. The molecule has 0 saturated carbocycles. The first-order valence-electron chi connectivity index (χ1n) is 4.64. The van der Waals surface area contributed by atoms with Gasteiger partial charge in [-0.1, -0.05) is 0 Å². The molecule has 0 aliphatic carbocycles. The van der Waals surface area contributed by atoms with Crippen molar-refractivity contribution < 1.29 is 18.3 Å². The Balaban J connectivity index is 2.11. The van der Waals surface area contributed by atoms with Crippen molar-refractivity contribution in [3.8, 4) is 0 Å². The molecule has 0 radical (unpaired) electrons. The van der Waals surface area contributed by atoms with Crippen molar-refractivity contribution in [2.45, 2.75) is 25.1 Å². The molecule has 2 nitrogen and oxygen atoms in total. The van der Waals surface area contributed by atoms with Crippen LogP contribution in [-0.2, 0) is 6.42 Å². The van der Waals surface area contributed by atoms with E-state index < -0.39 is 23.7 Å². The Hall–Kier alpha value is -1.07. The quantitative estimate of drug-likeness (QED) is 0.732. The molecule has 0 amide bonds. The average molecular weight is 217 g/mol. The van der Waals surface area contributed by atoms with Gasteiger partial charge >= 0.3 is 0 Å². The van der Waals surface area contributed by atoms with Gasteiger partial charge in [-0.25, -0.2) is 13.2 Å². The summed E-state index contributed by atoms with van der Waals surface area (Å²) in [4.78, 5) is 0. The SMILES string of the molecule is OC1CC(Cc2cc(F)c(F)cc2F)N1. The normalized spacial score (nSPS) is 25.1. The minimum absolute atomic E-state index is 0.0700. The van der Waals surface area contributed by atoms with Crippen LogP contribution in [0.5, 0.6) is 0 Å². The summed E-state index contributed by atoms with van der Waals surface area (Å²) in [7, 11) is 0. The van der Waals surface area contributed by atoms with E-state index in [0.29, 0.717) is 12.5 Å². The molecule has 82 valence electrons. The topological polar surface area (TPSA) is 32.3 Å². The van der Waals surface area contributed by atoms with Gasteiger partial charge in [0, 0.05) is 18.5 Å². The lowest BCUT2D eigenvalue weighted by Crippen LogP contribution is -2.53. The Kier molecular flexibility index (Phi) is 2.67. The molecule has 2 N–H and O–H groups in total. The molecule has 5 heteroatoms. The third-order valence-corrected chi connectivity index (χ3v) is 2.49. The molecule has 0 spiro atoms. The Morgan fingerprint density at radius 1 is 1.20 bits per heavy atom. The number of benzene rings is 1. The maximum absolute atomic E-state index is 13.2. The van der Waals surface area contributed by atoms with E-state index in [0.717, 1.165) is 6.07 Å². The molecule has 2 unspecified atom stereocenters. The largest absolute Gasteiger partial charge is 0.379 e. The van der Waals surface area contributed by atoms with Gasteiger partial charge in [0.25, 0.3) is 0 Å². The van der Waals surface area contributed by atoms with E-state index in [1.54, 1.807) is 0 Å². The summed E-state index contributed by atoms with van der Waals surface area (Å²) in [6.07, 6.45) is 0.182. The van der Waals surface area contributed by atoms with Crippen LogP contribution in [0.1, 0.15) is 12.0 Å². The van der Waals surface area contributed by atoms with Crippen LogP contribution in [0, 0.1) is 17.5 Å². The van der Waals surface area contributed by atoms with Gasteiger partial charge in [0.2, 0.25) is 0 Å². The number of hydrogen-bond acceptors (Lipinski definition) is 2. The van der Waals surface area contributed by atoms with Crippen LogP contribution in [0.25, 0.3) is 0 Å². The second kappa shape index (κ2) is 3.83. The highest BCUT2D eigenvalue weighted by molar-refractivity contribution is 5.21. The van der Waals surface area contributed by atoms with Crippen molar-refractivity contribution in [2.75, 3.05) is 0 Å². The number of halogens is 3. The molecule has 2 atom stereocenters. The predicted molar refractivity (Wildman–Crippen MR) is 47.6 cm³/mol. The maximum Gasteiger partial charge on any atom is 0.161 e. The summed E-state index contributed by atoms with van der Waals surface area (Å²) < 4.78 is 38.5. The van der Waals surface area contributed by atoms with Crippen LogP contribution in [0.2, 0.25) is 0 Å². The Labute approximate surface area is 84.7 Å². The lowest BCUT2D eigenvalue weighted by atomic mass is 9.96. The molecule has 15 heavy (non-hydrogen) atoms. The van der Waals surface area contributed by atoms with E-state index in [1.807, 2.05) is 0 Å². The predicted octanol–water partition coefficient (Wildman–Crippen LogP) is 1.33. The standard InChI is InChI=1S/C10H10F3NO/c11-7-4-9(13)8(12)2-5(7)1-6-3-10(15)14-6/h2,4,6,10,14-15H,1,3H2. The van der Waals surface area contributed by atoms with E-state index >= 15 is 0 Å². The molecule has 1 aliphatic heterocycles. The molecule has 1 aromatic carbocycles. The van der Waals surface area contributed by atoms with Crippen molar-refractivity contribution in [1.29, 1.82) is 0 Å². The number of nitrogens with one attached hydrogen (secondary N) is 1. The fourth-order valence-electron chi connectivity index (χ4n) is 1.65. The third kappa shape index (κ3) is 2.13. The lowest BCUT2D eigenvalue weighted by Gasteiger charge is -2.33. The molecule has 0 aromatic heterocycles. The smallest absolute Gasteiger partial charge is 0.161 e. The molecule has 1 fully saturated rings. The van der Waals surface area contributed by atoms with E-state index in [-0.39, 0.29) is 18.0 Å². The summed E-state index contributed by atoms with van der Waals surface area (Å²) in [5, 5.41) is 11.7. The fraction of sp³-hybridized carbons (Fsp3) is 0.400. The van der Waals surface area contributed by atoms with Crippen LogP contribution in [0.15, 0.2) is 12.1 Å². The molecule has 0 bridgehead atoms. The monoisotopic (exact) mass is 217 g/mol. The Bertz CT molecular complexity index is 377. The zero-order valence-corrected chi connectivity index (χ0v) is 7.80. The minimum atomic E-state index is -1.18. The van der Waals surface area contributed by atoms with Crippen LogP contribution < -0.4 is 5.32 Å². The van der Waals surface area contributed by atoms with E-state index in [1.165, 1.54) is 0 Å². The second-order valence-electron chi connectivity index (χ2n) is 3.68. The van der Waals surface area contributed by atoms with Gasteiger partial charge in [-0.2, -0.15) is 0 Å². The second-order valence-corrected chi connectivity index (χ2v) is 3.68. The average Bonchev–Trinajstić information content (AvgIpc) is 2.11. The van der Waals surface area contributed by atoms with Gasteiger partial charge in [0.05, 0.1) is 0 Å². The zero-order chi connectivity index (χ0) is 11.0. The van der Waals surface area contributed by atoms with Gasteiger partial charge in [-0.3, -0.25) is 5.32 Å². The van der Waals surface area contributed by atoms with Crippen LogP contribution in [0.4, 0.5) is 13.2 Å². The van der Waals surface area contributed by atoms with Gasteiger partial charge in [-0.05, 0) is 18.1 Å². The van der Waals surface area contributed by atoms with E-state index in [2.05, 4.69) is 5.32 Å². The fourth-order valence-corrected chi connectivity index (χ4v) is 1.65. The number of aliphatic hydroxyl groups excluding tert-OH is 1. The van der Waals surface area contributed by atoms with Crippen molar-refractivity contribution in [3.63, 3.8) is 0 Å². The molecule has 1 aliphatic rings. The van der Waals surface area contributed by atoms with Gasteiger partial charge in [0.1, 0.15) is 12.0 Å². The summed E-state index contributed by atoms with van der Waals surface area (Å²) in [5.74, 6) is -2.98. The van der Waals surface area contributed by atoms with Crippen molar-refractivity contribution in [1.82, 2.24) is 5.32 Å². The van der Waals surface area contributed by atoms with Crippen LogP contribution >= 0.6 is 0 Å². The highest BCUT2D eigenvalue weighted by atomic mass is 19.2. The molecule has 1 aromatic rings. The first-order valence-corrected chi connectivity index (χ1v) is 4.64. The molecule has 1 saturated heterocycles. The van der Waals surface area contributed by atoms with Crippen molar-refractivity contribution in [3.05, 3.63) is 35.1 Å². The van der Waals surface area contributed by atoms with Gasteiger partial charge in [-0.15, -0.1) is 0 Å². The summed E-state index contributed by atoms with van der Waals surface area (Å²) in [6, 6.07) is 1.33. The highest BCUT2D eigenvalue weighted by Crippen LogP contribution is 2.19. The first kappa shape index (κ1) is 10.4. The molecule has 1 heterocycles. The Morgan fingerprint density at radius 3 is 2.40 bits per heavy atom. The zero-order valence-electron chi connectivity index (χ0n) is 7.80. The number of rotatable bonds is 2. The third-order valence-electron chi connectivity index (χ3n) is 2.49. The van der Waals surface area contributed by atoms with E-state index in [4.69, 9.17) is 5.11 Å². The summed E-state index contributed by atoms with van der Waals surface area (Å²) in [6.45, 7) is 0. The van der Waals surface area contributed by atoms with Crippen LogP contribution in [0.3, 0.4) is 0 Å². The number of hydrogen-bond donors (Lipinski definition) is 2. The van der Waals surface area contributed by atoms with Crippen molar-refractivity contribution >= 4 is 0 Å². The van der Waals surface area contributed by atoms with E-state index in [9.17, 15) is 13.2 Å². The van der Waals surface area contributed by atoms with Crippen molar-refractivity contribution in [2.24, 2.45) is 0 Å². The lowest BCUT2D eigenvalue weighted by molar-refractivity contribution is 0.0340. The molecule has 2 rings (SSSR count).